The Hall–Kier alpha value is -1.86. The molecule has 2 aromatic carbocycles. The van der Waals surface area contributed by atoms with Gasteiger partial charge in [-0.1, -0.05) is 72.3 Å². The van der Waals surface area contributed by atoms with E-state index in [0.29, 0.717) is 0 Å². The molecule has 22 heavy (non-hydrogen) atoms. The van der Waals surface area contributed by atoms with Crippen molar-refractivity contribution in [2.24, 2.45) is 0 Å². The van der Waals surface area contributed by atoms with Crippen molar-refractivity contribution in [3.8, 4) is 0 Å². The van der Waals surface area contributed by atoms with E-state index in [0.717, 1.165) is 19.4 Å². The summed E-state index contributed by atoms with van der Waals surface area (Å²) in [5, 5.41) is 0. The first-order valence-corrected chi connectivity index (χ1v) is 8.08. The quantitative estimate of drug-likeness (QED) is 0.714. The van der Waals surface area contributed by atoms with Crippen molar-refractivity contribution in [1.82, 2.24) is 0 Å². The second-order valence-corrected chi connectivity index (χ2v) is 6.45. The lowest BCUT2D eigenvalue weighted by Crippen LogP contribution is -2.40. The van der Waals surface area contributed by atoms with E-state index in [1.807, 2.05) is 0 Å². The number of allylic oxidation sites excluding steroid dienone is 1. The van der Waals surface area contributed by atoms with E-state index in [-0.39, 0.29) is 11.5 Å². The summed E-state index contributed by atoms with van der Waals surface area (Å²) >= 11 is 0. The minimum absolute atomic E-state index is 0.0193. The van der Waals surface area contributed by atoms with Gasteiger partial charge in [0.1, 0.15) is 0 Å². The van der Waals surface area contributed by atoms with Crippen LogP contribution in [-0.2, 0) is 10.2 Å². The maximum absolute atomic E-state index is 6.24. The van der Waals surface area contributed by atoms with Gasteiger partial charge in [0.25, 0.3) is 0 Å². The lowest BCUT2D eigenvalue weighted by molar-refractivity contribution is 0.00693. The van der Waals surface area contributed by atoms with Crippen LogP contribution in [0.2, 0.25) is 0 Å². The van der Waals surface area contributed by atoms with E-state index >= 15 is 0 Å². The first-order valence-electron chi connectivity index (χ1n) is 8.08. The number of ether oxygens (including phenoxy) is 1. The minimum Gasteiger partial charge on any atom is -0.373 e. The molecule has 0 radical (unpaired) electrons. The Morgan fingerprint density at radius 3 is 1.91 bits per heavy atom. The highest BCUT2D eigenvalue weighted by Crippen LogP contribution is 2.41. The van der Waals surface area contributed by atoms with E-state index < -0.39 is 0 Å². The number of hydrogen-bond acceptors (Lipinski definition) is 1. The molecule has 1 heteroatoms. The maximum Gasteiger partial charge on any atom is 0.0759 e. The zero-order chi connectivity index (χ0) is 15.4. The number of hydrogen-bond donors (Lipinski definition) is 0. The minimum atomic E-state index is -0.0193. The first kappa shape index (κ1) is 15.1. The Morgan fingerprint density at radius 2 is 1.50 bits per heavy atom. The zero-order valence-electron chi connectivity index (χ0n) is 13.5. The molecule has 0 saturated carbocycles. The van der Waals surface area contributed by atoms with Gasteiger partial charge in [-0.05, 0) is 37.8 Å². The van der Waals surface area contributed by atoms with Crippen LogP contribution in [0.15, 0.2) is 72.3 Å². The fourth-order valence-electron chi connectivity index (χ4n) is 3.43. The van der Waals surface area contributed by atoms with Gasteiger partial charge < -0.3 is 4.74 Å². The Kier molecular flexibility index (Phi) is 4.44. The number of rotatable bonds is 3. The molecule has 0 unspecified atom stereocenters. The van der Waals surface area contributed by atoms with Crippen molar-refractivity contribution in [2.45, 2.75) is 38.2 Å². The van der Waals surface area contributed by atoms with Crippen LogP contribution in [0.3, 0.4) is 0 Å². The van der Waals surface area contributed by atoms with E-state index in [9.17, 15) is 0 Å². The standard InChI is InChI=1S/C21H24O/c1-17(2)15-20-13-14-21(16-22-20,18-9-5-3-6-10-18)19-11-7-4-8-12-19/h3-12,15,20H,13-14,16H2,1-2H3/t20-/m0/s1. The molecule has 0 amide bonds. The molecule has 0 aromatic heterocycles. The van der Waals surface area contributed by atoms with Crippen LogP contribution in [0.25, 0.3) is 0 Å². The smallest absolute Gasteiger partial charge is 0.0759 e. The summed E-state index contributed by atoms with van der Waals surface area (Å²) in [5.41, 5.74) is 4.03. The highest BCUT2D eigenvalue weighted by atomic mass is 16.5. The lowest BCUT2D eigenvalue weighted by Gasteiger charge is -2.40. The van der Waals surface area contributed by atoms with Crippen LogP contribution >= 0.6 is 0 Å². The summed E-state index contributed by atoms with van der Waals surface area (Å²) in [7, 11) is 0. The van der Waals surface area contributed by atoms with Gasteiger partial charge in [-0.15, -0.1) is 0 Å². The van der Waals surface area contributed by atoms with Gasteiger partial charge in [-0.2, -0.15) is 0 Å². The van der Waals surface area contributed by atoms with Gasteiger partial charge in [0.05, 0.1) is 12.7 Å². The zero-order valence-corrected chi connectivity index (χ0v) is 13.5. The molecule has 0 N–H and O–H groups in total. The van der Waals surface area contributed by atoms with E-state index in [4.69, 9.17) is 4.74 Å². The summed E-state index contributed by atoms with van der Waals surface area (Å²) in [6.45, 7) is 5.02. The molecule has 1 fully saturated rings. The average molecular weight is 292 g/mol. The Morgan fingerprint density at radius 1 is 0.955 bits per heavy atom. The Labute approximate surface area is 133 Å². The molecule has 2 aromatic rings. The molecule has 3 rings (SSSR count). The normalized spacial score (nSPS) is 20.4. The van der Waals surface area contributed by atoms with Gasteiger partial charge in [0, 0.05) is 5.41 Å². The third-order valence-corrected chi connectivity index (χ3v) is 4.57. The highest BCUT2D eigenvalue weighted by Gasteiger charge is 2.38. The third-order valence-electron chi connectivity index (χ3n) is 4.57. The monoisotopic (exact) mass is 292 g/mol. The molecule has 1 aliphatic heterocycles. The molecule has 0 aliphatic carbocycles. The molecule has 1 heterocycles. The highest BCUT2D eigenvalue weighted by molar-refractivity contribution is 5.40. The molecule has 1 atom stereocenters. The van der Waals surface area contributed by atoms with E-state index in [2.05, 4.69) is 80.6 Å². The first-order chi connectivity index (χ1) is 10.7. The molecule has 1 saturated heterocycles. The van der Waals surface area contributed by atoms with Crippen molar-refractivity contribution in [1.29, 1.82) is 0 Å². The number of benzene rings is 2. The lowest BCUT2D eigenvalue weighted by atomic mass is 9.70. The molecular weight excluding hydrogens is 268 g/mol. The molecular formula is C21H24O. The predicted octanol–water partition coefficient (Wildman–Crippen LogP) is 5.12. The van der Waals surface area contributed by atoms with Gasteiger partial charge >= 0.3 is 0 Å². The second kappa shape index (κ2) is 6.50. The molecule has 114 valence electrons. The summed E-state index contributed by atoms with van der Waals surface area (Å²) in [6.07, 6.45) is 4.69. The van der Waals surface area contributed by atoms with Crippen LogP contribution in [0.5, 0.6) is 0 Å². The van der Waals surface area contributed by atoms with Crippen molar-refractivity contribution < 1.29 is 4.74 Å². The van der Waals surface area contributed by atoms with Gasteiger partial charge in [-0.25, -0.2) is 0 Å². The van der Waals surface area contributed by atoms with Crippen LogP contribution < -0.4 is 0 Å². The average Bonchev–Trinajstić information content (AvgIpc) is 2.57. The van der Waals surface area contributed by atoms with Crippen LogP contribution in [0.1, 0.15) is 37.8 Å². The van der Waals surface area contributed by atoms with Crippen LogP contribution in [-0.4, -0.2) is 12.7 Å². The topological polar surface area (TPSA) is 9.23 Å². The maximum atomic E-state index is 6.24. The van der Waals surface area contributed by atoms with Crippen LogP contribution in [0, 0.1) is 0 Å². The Bertz CT molecular complexity index is 574. The van der Waals surface area contributed by atoms with E-state index in [1.54, 1.807) is 0 Å². The fraction of sp³-hybridized carbons (Fsp3) is 0.333. The van der Waals surface area contributed by atoms with Crippen molar-refractivity contribution in [3.63, 3.8) is 0 Å². The summed E-state index contributed by atoms with van der Waals surface area (Å²) in [6, 6.07) is 21.6. The third kappa shape index (κ3) is 3.00. The summed E-state index contributed by atoms with van der Waals surface area (Å²) in [5.74, 6) is 0. The Balaban J connectivity index is 1.95. The largest absolute Gasteiger partial charge is 0.373 e. The predicted molar refractivity (Wildman–Crippen MR) is 92.1 cm³/mol. The molecule has 0 bridgehead atoms. The van der Waals surface area contributed by atoms with Crippen molar-refractivity contribution in [3.05, 3.63) is 83.4 Å². The van der Waals surface area contributed by atoms with E-state index in [1.165, 1.54) is 16.7 Å². The summed E-state index contributed by atoms with van der Waals surface area (Å²) in [4.78, 5) is 0. The van der Waals surface area contributed by atoms with Gasteiger partial charge in [0.15, 0.2) is 0 Å². The van der Waals surface area contributed by atoms with Crippen molar-refractivity contribution in [2.75, 3.05) is 6.61 Å². The fourth-order valence-corrected chi connectivity index (χ4v) is 3.43. The van der Waals surface area contributed by atoms with Gasteiger partial charge in [0.2, 0.25) is 0 Å². The van der Waals surface area contributed by atoms with Crippen LogP contribution in [0.4, 0.5) is 0 Å². The summed E-state index contributed by atoms with van der Waals surface area (Å²) < 4.78 is 6.24. The second-order valence-electron chi connectivity index (χ2n) is 6.45. The molecule has 1 nitrogen and oxygen atoms in total. The SMILES string of the molecule is CC(C)=C[C@@H]1CCC(c2ccccc2)(c2ccccc2)CO1. The molecule has 0 spiro atoms. The molecule has 1 aliphatic rings. The van der Waals surface area contributed by atoms with Crippen molar-refractivity contribution >= 4 is 0 Å². The van der Waals surface area contributed by atoms with Gasteiger partial charge in [-0.3, -0.25) is 0 Å².